The Hall–Kier alpha value is -2.61. The maximum atomic E-state index is 12.2. The first-order chi connectivity index (χ1) is 16.9. The number of hydrogen-bond acceptors (Lipinski definition) is 5. The van der Waals surface area contributed by atoms with Crippen molar-refractivity contribution in [2.75, 3.05) is 26.4 Å². The fourth-order valence-corrected chi connectivity index (χ4v) is 4.47. The van der Waals surface area contributed by atoms with Crippen molar-refractivity contribution in [1.29, 1.82) is 0 Å². The first kappa shape index (κ1) is 27.0. The highest BCUT2D eigenvalue weighted by Crippen LogP contribution is 2.31. The SMILES string of the molecule is C/C=C(/CCCOC1CCOCC1)c1c(C)cnc2c1CCN(O)C2=O.CCc1ccc(F)cc1. The van der Waals surface area contributed by atoms with E-state index in [4.69, 9.17) is 9.47 Å². The van der Waals surface area contributed by atoms with E-state index in [1.807, 2.05) is 20.8 Å². The predicted molar refractivity (Wildman–Crippen MR) is 134 cm³/mol. The standard InChI is InChI=1S/C20H28N2O4.C8H9F/c1-3-15(5-4-10-26-16-7-11-25-12-8-16)18-14(2)13-21-19-17(18)6-9-22(24)20(19)23;1-2-7-3-5-8(9)6-4-7/h3,13,16,24H,4-12H2,1-2H3;3-6H,2H2,1H3/b15-3-;. The lowest BCUT2D eigenvalue weighted by Gasteiger charge is -2.26. The van der Waals surface area contributed by atoms with Gasteiger partial charge in [0.1, 0.15) is 11.5 Å². The highest BCUT2D eigenvalue weighted by Gasteiger charge is 2.28. The number of ether oxygens (including phenoxy) is 2. The van der Waals surface area contributed by atoms with E-state index in [0.717, 1.165) is 73.7 Å². The largest absolute Gasteiger partial charge is 0.381 e. The maximum Gasteiger partial charge on any atom is 0.296 e. The molecule has 0 radical (unpaired) electrons. The van der Waals surface area contributed by atoms with Crippen LogP contribution in [0.25, 0.3) is 5.57 Å². The second kappa shape index (κ2) is 13.5. The topological polar surface area (TPSA) is 71.9 Å². The average molecular weight is 485 g/mol. The van der Waals surface area contributed by atoms with E-state index in [-0.39, 0.29) is 5.82 Å². The van der Waals surface area contributed by atoms with Gasteiger partial charge in [0.05, 0.1) is 12.6 Å². The molecule has 0 bridgehead atoms. The van der Waals surface area contributed by atoms with E-state index in [2.05, 4.69) is 11.1 Å². The first-order valence-corrected chi connectivity index (χ1v) is 12.5. The van der Waals surface area contributed by atoms with Crippen molar-refractivity contribution in [3.05, 3.63) is 70.3 Å². The molecule has 190 valence electrons. The zero-order valence-corrected chi connectivity index (χ0v) is 21.1. The summed E-state index contributed by atoms with van der Waals surface area (Å²) in [5.74, 6) is -0.571. The van der Waals surface area contributed by atoms with Gasteiger partial charge in [-0.15, -0.1) is 0 Å². The second-order valence-electron chi connectivity index (χ2n) is 8.90. The lowest BCUT2D eigenvalue weighted by molar-refractivity contribution is -0.0607. The summed E-state index contributed by atoms with van der Waals surface area (Å²) in [6.07, 6.45) is 9.56. The number of pyridine rings is 1. The van der Waals surface area contributed by atoms with Gasteiger partial charge in [0.2, 0.25) is 0 Å². The third kappa shape index (κ3) is 7.43. The highest BCUT2D eigenvalue weighted by molar-refractivity contribution is 5.95. The fraction of sp³-hybridized carbons (Fsp3) is 0.500. The van der Waals surface area contributed by atoms with Gasteiger partial charge in [-0.2, -0.15) is 0 Å². The number of hydrogen-bond donors (Lipinski definition) is 1. The van der Waals surface area contributed by atoms with Crippen molar-refractivity contribution in [3.63, 3.8) is 0 Å². The lowest BCUT2D eigenvalue weighted by atomic mass is 9.89. The molecular formula is C28H37FN2O4. The first-order valence-electron chi connectivity index (χ1n) is 12.5. The quantitative estimate of drug-likeness (QED) is 0.412. The summed E-state index contributed by atoms with van der Waals surface area (Å²) in [4.78, 5) is 16.5. The Morgan fingerprint density at radius 1 is 1.29 bits per heavy atom. The van der Waals surface area contributed by atoms with Crippen molar-refractivity contribution in [2.45, 2.75) is 65.4 Å². The summed E-state index contributed by atoms with van der Waals surface area (Å²) in [6.45, 7) is 8.75. The number of benzene rings is 1. The minimum atomic E-state index is -0.411. The molecule has 2 aliphatic rings. The van der Waals surface area contributed by atoms with E-state index in [0.29, 0.717) is 24.8 Å². The third-order valence-corrected chi connectivity index (χ3v) is 6.48. The monoisotopic (exact) mass is 484 g/mol. The van der Waals surface area contributed by atoms with Crippen molar-refractivity contribution in [1.82, 2.24) is 10.0 Å². The third-order valence-electron chi connectivity index (χ3n) is 6.48. The maximum absolute atomic E-state index is 12.2. The molecule has 1 fully saturated rings. The zero-order chi connectivity index (χ0) is 25.2. The Bertz CT molecular complexity index is 1000. The molecular weight excluding hydrogens is 447 g/mol. The van der Waals surface area contributed by atoms with Gasteiger partial charge in [0.25, 0.3) is 5.91 Å². The van der Waals surface area contributed by atoms with Crippen LogP contribution in [-0.4, -0.2) is 53.6 Å². The number of allylic oxidation sites excluding steroid dienone is 2. The van der Waals surface area contributed by atoms with Gasteiger partial charge >= 0.3 is 0 Å². The number of aromatic nitrogens is 1. The number of carbonyl (C=O) groups is 1. The Balaban J connectivity index is 0.000000320. The molecule has 1 saturated heterocycles. The van der Waals surface area contributed by atoms with Gasteiger partial charge < -0.3 is 9.47 Å². The van der Waals surface area contributed by atoms with Crippen LogP contribution in [0.15, 0.2) is 36.5 Å². The molecule has 3 heterocycles. The van der Waals surface area contributed by atoms with Crippen LogP contribution in [0.2, 0.25) is 0 Å². The van der Waals surface area contributed by atoms with Crippen molar-refractivity contribution < 1.29 is 23.9 Å². The van der Waals surface area contributed by atoms with Crippen LogP contribution in [0.3, 0.4) is 0 Å². The van der Waals surface area contributed by atoms with Gasteiger partial charge in [-0.1, -0.05) is 25.1 Å². The van der Waals surface area contributed by atoms with Gasteiger partial charge in [-0.25, -0.2) is 9.45 Å². The molecule has 1 aromatic heterocycles. The van der Waals surface area contributed by atoms with Gasteiger partial charge in [0.15, 0.2) is 0 Å². The van der Waals surface area contributed by atoms with Crippen molar-refractivity contribution in [3.8, 4) is 0 Å². The summed E-state index contributed by atoms with van der Waals surface area (Å²) in [6, 6.07) is 6.57. The normalized spacial score (nSPS) is 16.5. The highest BCUT2D eigenvalue weighted by atomic mass is 19.1. The number of aryl methyl sites for hydroxylation is 2. The summed E-state index contributed by atoms with van der Waals surface area (Å²) in [7, 11) is 0. The second-order valence-corrected chi connectivity index (χ2v) is 8.90. The molecule has 1 N–H and O–H groups in total. The number of carbonyl (C=O) groups excluding carboxylic acids is 1. The molecule has 4 rings (SSSR count). The fourth-order valence-electron chi connectivity index (χ4n) is 4.47. The molecule has 0 saturated carbocycles. The summed E-state index contributed by atoms with van der Waals surface area (Å²) in [5, 5.41) is 10.4. The minimum Gasteiger partial charge on any atom is -0.381 e. The Labute approximate surface area is 207 Å². The van der Waals surface area contributed by atoms with Crippen LogP contribution < -0.4 is 0 Å². The minimum absolute atomic E-state index is 0.160. The van der Waals surface area contributed by atoms with Gasteiger partial charge in [-0.3, -0.25) is 15.0 Å². The van der Waals surface area contributed by atoms with Crippen molar-refractivity contribution >= 4 is 11.5 Å². The van der Waals surface area contributed by atoms with Crippen LogP contribution in [-0.2, 0) is 22.3 Å². The number of rotatable bonds is 7. The summed E-state index contributed by atoms with van der Waals surface area (Å²) >= 11 is 0. The van der Waals surface area contributed by atoms with Crippen LogP contribution in [0, 0.1) is 12.7 Å². The van der Waals surface area contributed by atoms with E-state index in [1.54, 1.807) is 18.3 Å². The Kier molecular flexibility index (Phi) is 10.4. The molecule has 0 atom stereocenters. The summed E-state index contributed by atoms with van der Waals surface area (Å²) in [5.41, 5.74) is 5.91. The number of halogens is 1. The predicted octanol–water partition coefficient (Wildman–Crippen LogP) is 5.54. The molecule has 2 aliphatic heterocycles. The van der Waals surface area contributed by atoms with E-state index in [9.17, 15) is 14.4 Å². The smallest absolute Gasteiger partial charge is 0.296 e. The van der Waals surface area contributed by atoms with Gasteiger partial charge in [-0.05, 0) is 92.3 Å². The molecule has 1 aromatic carbocycles. The Morgan fingerprint density at radius 2 is 2.00 bits per heavy atom. The molecule has 0 aliphatic carbocycles. The number of hydroxylamine groups is 2. The van der Waals surface area contributed by atoms with E-state index < -0.39 is 5.91 Å². The van der Waals surface area contributed by atoms with Crippen LogP contribution in [0.1, 0.15) is 72.3 Å². The van der Waals surface area contributed by atoms with E-state index >= 15 is 0 Å². The number of fused-ring (bicyclic) bond motifs is 1. The number of amides is 1. The number of nitrogens with zero attached hydrogens (tertiary/aromatic N) is 2. The van der Waals surface area contributed by atoms with Crippen LogP contribution >= 0.6 is 0 Å². The van der Waals surface area contributed by atoms with E-state index in [1.165, 1.54) is 23.3 Å². The molecule has 35 heavy (non-hydrogen) atoms. The van der Waals surface area contributed by atoms with Gasteiger partial charge in [0, 0.05) is 26.0 Å². The molecule has 1 amide bonds. The van der Waals surface area contributed by atoms with Crippen LogP contribution in [0.4, 0.5) is 4.39 Å². The lowest BCUT2D eigenvalue weighted by Crippen LogP contribution is -2.36. The summed E-state index contributed by atoms with van der Waals surface area (Å²) < 4.78 is 23.6. The molecule has 0 spiro atoms. The molecule has 0 unspecified atom stereocenters. The molecule has 6 nitrogen and oxygen atoms in total. The average Bonchev–Trinajstić information content (AvgIpc) is 2.88. The Morgan fingerprint density at radius 3 is 2.66 bits per heavy atom. The van der Waals surface area contributed by atoms with Crippen LogP contribution in [0.5, 0.6) is 0 Å². The zero-order valence-electron chi connectivity index (χ0n) is 21.1. The molecule has 2 aromatic rings. The molecule has 7 heteroatoms. The van der Waals surface area contributed by atoms with Crippen molar-refractivity contribution in [2.24, 2.45) is 0 Å².